The van der Waals surface area contributed by atoms with Crippen LogP contribution in [0.2, 0.25) is 0 Å². The summed E-state index contributed by atoms with van der Waals surface area (Å²) in [6.07, 6.45) is 2.37. The molecule has 0 aliphatic carbocycles. The fourth-order valence-corrected chi connectivity index (χ4v) is 2.71. The molecule has 1 heterocycles. The normalized spacial score (nSPS) is 10.6. The number of thiazole rings is 1. The van der Waals surface area contributed by atoms with Crippen molar-refractivity contribution in [2.24, 2.45) is 5.73 Å². The Labute approximate surface area is 123 Å². The lowest BCUT2D eigenvalue weighted by Gasteiger charge is -2.11. The van der Waals surface area contributed by atoms with Crippen molar-refractivity contribution >= 4 is 17.2 Å². The van der Waals surface area contributed by atoms with Gasteiger partial charge in [0, 0.05) is 12.6 Å². The molecule has 4 nitrogen and oxygen atoms in total. The third-order valence-electron chi connectivity index (χ3n) is 3.16. The van der Waals surface area contributed by atoms with Gasteiger partial charge in [-0.15, -0.1) is 11.3 Å². The molecule has 2 aromatic rings. The van der Waals surface area contributed by atoms with Gasteiger partial charge in [-0.25, -0.2) is 4.98 Å². The maximum Gasteiger partial charge on any atom is 0.134 e. The quantitative estimate of drug-likeness (QED) is 0.656. The van der Waals surface area contributed by atoms with E-state index in [0.717, 1.165) is 17.2 Å². The van der Waals surface area contributed by atoms with Gasteiger partial charge >= 0.3 is 0 Å². The first-order valence-electron chi connectivity index (χ1n) is 6.47. The molecule has 20 heavy (non-hydrogen) atoms. The molecule has 1 aromatic carbocycles. The number of benzene rings is 1. The number of rotatable bonds is 5. The number of amidine groups is 1. The number of nitrogens with one attached hydrogen (secondary N) is 1. The second-order valence-corrected chi connectivity index (χ2v) is 5.95. The molecule has 0 amide bonds. The zero-order chi connectivity index (χ0) is 14.7. The highest BCUT2D eigenvalue weighted by Crippen LogP contribution is 2.23. The minimum Gasteiger partial charge on any atom is -0.493 e. The first-order valence-corrected chi connectivity index (χ1v) is 7.28. The van der Waals surface area contributed by atoms with Gasteiger partial charge in [-0.2, -0.15) is 0 Å². The van der Waals surface area contributed by atoms with Gasteiger partial charge in [-0.05, 0) is 43.5 Å². The second kappa shape index (κ2) is 6.05. The van der Waals surface area contributed by atoms with Gasteiger partial charge in [-0.3, -0.25) is 5.41 Å². The van der Waals surface area contributed by atoms with Crippen LogP contribution in [0.25, 0.3) is 0 Å². The fraction of sp³-hybridized carbons (Fsp3) is 0.333. The standard InChI is InChI=1S/C15H19N3OS/c1-9-6-10(2)11(3)12(7-9)19-5-4-14-18-8-13(20-14)15(16)17/h6-8H,4-5H2,1-3H3,(H3,16,17). The van der Waals surface area contributed by atoms with Crippen molar-refractivity contribution in [3.63, 3.8) is 0 Å². The van der Waals surface area contributed by atoms with Crippen molar-refractivity contribution < 1.29 is 4.74 Å². The molecular weight excluding hydrogens is 270 g/mol. The van der Waals surface area contributed by atoms with E-state index >= 15 is 0 Å². The van der Waals surface area contributed by atoms with E-state index in [-0.39, 0.29) is 5.84 Å². The zero-order valence-electron chi connectivity index (χ0n) is 12.0. The molecule has 0 atom stereocenters. The minimum absolute atomic E-state index is 0.0693. The van der Waals surface area contributed by atoms with Crippen molar-refractivity contribution in [2.75, 3.05) is 6.61 Å². The molecule has 0 unspecified atom stereocenters. The van der Waals surface area contributed by atoms with Crippen LogP contribution in [0, 0.1) is 26.2 Å². The average Bonchev–Trinajstić information content (AvgIpc) is 2.84. The summed E-state index contributed by atoms with van der Waals surface area (Å²) in [6, 6.07) is 4.22. The second-order valence-electron chi connectivity index (χ2n) is 4.84. The first kappa shape index (κ1) is 14.5. The van der Waals surface area contributed by atoms with E-state index in [4.69, 9.17) is 15.9 Å². The van der Waals surface area contributed by atoms with Crippen LogP contribution >= 0.6 is 11.3 Å². The van der Waals surface area contributed by atoms with Crippen molar-refractivity contribution in [1.29, 1.82) is 5.41 Å². The lowest BCUT2D eigenvalue weighted by atomic mass is 10.1. The lowest BCUT2D eigenvalue weighted by molar-refractivity contribution is 0.319. The monoisotopic (exact) mass is 289 g/mol. The summed E-state index contributed by atoms with van der Waals surface area (Å²) in [5.74, 6) is 1.01. The van der Waals surface area contributed by atoms with Gasteiger partial charge in [0.1, 0.15) is 11.6 Å². The molecule has 0 spiro atoms. The van der Waals surface area contributed by atoms with Gasteiger partial charge in [-0.1, -0.05) is 6.07 Å². The van der Waals surface area contributed by atoms with E-state index < -0.39 is 0 Å². The number of nitrogens with two attached hydrogens (primary N) is 1. The molecule has 0 fully saturated rings. The number of aromatic nitrogens is 1. The number of hydrogen-bond donors (Lipinski definition) is 2. The van der Waals surface area contributed by atoms with Crippen molar-refractivity contribution in [3.05, 3.63) is 44.9 Å². The van der Waals surface area contributed by atoms with E-state index in [9.17, 15) is 0 Å². The van der Waals surface area contributed by atoms with Crippen LogP contribution in [0.4, 0.5) is 0 Å². The average molecular weight is 289 g/mol. The molecule has 1 aromatic heterocycles. The van der Waals surface area contributed by atoms with Crippen molar-refractivity contribution in [1.82, 2.24) is 4.98 Å². The maximum absolute atomic E-state index is 7.35. The predicted molar refractivity (Wildman–Crippen MR) is 83.0 cm³/mol. The lowest BCUT2D eigenvalue weighted by Crippen LogP contribution is -2.08. The Morgan fingerprint density at radius 2 is 2.10 bits per heavy atom. The van der Waals surface area contributed by atoms with Crippen LogP contribution in [0.3, 0.4) is 0 Å². The fourth-order valence-electron chi connectivity index (χ4n) is 1.95. The Bertz CT molecular complexity index is 634. The van der Waals surface area contributed by atoms with E-state index in [1.807, 2.05) is 0 Å². The summed E-state index contributed by atoms with van der Waals surface area (Å²) < 4.78 is 5.85. The van der Waals surface area contributed by atoms with Crippen LogP contribution in [-0.4, -0.2) is 17.4 Å². The Morgan fingerprint density at radius 3 is 2.75 bits per heavy atom. The Hall–Kier alpha value is -1.88. The molecule has 2 rings (SSSR count). The molecule has 0 aliphatic rings. The van der Waals surface area contributed by atoms with Crippen LogP contribution in [0.15, 0.2) is 18.3 Å². The first-order chi connectivity index (χ1) is 9.47. The highest BCUT2D eigenvalue weighted by atomic mass is 32.1. The van der Waals surface area contributed by atoms with Gasteiger partial charge < -0.3 is 10.5 Å². The highest BCUT2D eigenvalue weighted by Gasteiger charge is 2.07. The Balaban J connectivity index is 1.97. The largest absolute Gasteiger partial charge is 0.493 e. The van der Waals surface area contributed by atoms with Crippen molar-refractivity contribution in [2.45, 2.75) is 27.2 Å². The third kappa shape index (κ3) is 3.36. The summed E-state index contributed by atoms with van der Waals surface area (Å²) >= 11 is 1.45. The number of ether oxygens (including phenoxy) is 1. The molecular formula is C15H19N3OS. The van der Waals surface area contributed by atoms with Gasteiger partial charge in [0.25, 0.3) is 0 Å². The van der Waals surface area contributed by atoms with Crippen LogP contribution < -0.4 is 10.5 Å². The third-order valence-corrected chi connectivity index (χ3v) is 4.25. The van der Waals surface area contributed by atoms with Crippen molar-refractivity contribution in [3.8, 4) is 5.75 Å². The molecule has 3 N–H and O–H groups in total. The van der Waals surface area contributed by atoms with E-state index in [0.29, 0.717) is 11.5 Å². The molecule has 0 aliphatic heterocycles. The summed E-state index contributed by atoms with van der Waals surface area (Å²) in [5, 5.41) is 8.29. The van der Waals surface area contributed by atoms with E-state index in [1.54, 1.807) is 6.20 Å². The van der Waals surface area contributed by atoms with Gasteiger partial charge in [0.15, 0.2) is 0 Å². The number of nitrogen functional groups attached to an aromatic ring is 1. The summed E-state index contributed by atoms with van der Waals surface area (Å²) in [6.45, 7) is 6.81. The highest BCUT2D eigenvalue weighted by molar-refractivity contribution is 7.13. The Morgan fingerprint density at radius 1 is 1.35 bits per heavy atom. The summed E-state index contributed by atoms with van der Waals surface area (Å²) in [7, 11) is 0. The van der Waals surface area contributed by atoms with Gasteiger partial charge in [0.05, 0.1) is 16.5 Å². The van der Waals surface area contributed by atoms with E-state index in [2.05, 4.69) is 37.9 Å². The number of hydrogen-bond acceptors (Lipinski definition) is 4. The molecule has 106 valence electrons. The summed E-state index contributed by atoms with van der Waals surface area (Å²) in [5.41, 5.74) is 9.05. The van der Waals surface area contributed by atoms with Crippen LogP contribution in [-0.2, 0) is 6.42 Å². The van der Waals surface area contributed by atoms with Crippen LogP contribution in [0.5, 0.6) is 5.75 Å². The Kier molecular flexibility index (Phi) is 4.39. The predicted octanol–water partition coefficient (Wildman–Crippen LogP) is 2.97. The molecule has 0 saturated carbocycles. The SMILES string of the molecule is Cc1cc(C)c(C)c(OCCc2ncc(C(=N)N)s2)c1. The van der Waals surface area contributed by atoms with E-state index in [1.165, 1.54) is 28.0 Å². The maximum atomic E-state index is 7.35. The van der Waals surface area contributed by atoms with Crippen LogP contribution in [0.1, 0.15) is 26.6 Å². The summed E-state index contributed by atoms with van der Waals surface area (Å²) in [4.78, 5) is 4.95. The molecule has 5 heteroatoms. The topological polar surface area (TPSA) is 72.0 Å². The van der Waals surface area contributed by atoms with Gasteiger partial charge in [0.2, 0.25) is 0 Å². The molecule has 0 saturated heterocycles. The molecule has 0 radical (unpaired) electrons. The number of nitrogens with zero attached hydrogens (tertiary/aromatic N) is 1. The smallest absolute Gasteiger partial charge is 0.134 e. The molecule has 0 bridgehead atoms. The zero-order valence-corrected chi connectivity index (χ0v) is 12.8. The minimum atomic E-state index is 0.0693. The number of aryl methyl sites for hydroxylation is 2.